The maximum atomic E-state index is 12.0. The van der Waals surface area contributed by atoms with Crippen LogP contribution in [0, 0.1) is 0 Å². The maximum absolute atomic E-state index is 12.0. The third-order valence-corrected chi connectivity index (χ3v) is 2.89. The molecule has 19 heavy (non-hydrogen) atoms. The molecule has 0 aliphatic carbocycles. The summed E-state index contributed by atoms with van der Waals surface area (Å²) in [4.78, 5) is 25.0. The fourth-order valence-corrected chi connectivity index (χ4v) is 1.82. The van der Waals surface area contributed by atoms with Crippen LogP contribution in [0.3, 0.4) is 0 Å². The van der Waals surface area contributed by atoms with Gasteiger partial charge in [-0.2, -0.15) is 0 Å². The molecule has 1 aromatic rings. The molecule has 2 N–H and O–H groups in total. The lowest BCUT2D eigenvalue weighted by molar-refractivity contribution is -0.132. The van der Waals surface area contributed by atoms with E-state index in [9.17, 15) is 9.59 Å². The van der Waals surface area contributed by atoms with Crippen molar-refractivity contribution in [2.75, 3.05) is 31.5 Å². The molecule has 0 saturated carbocycles. The molecule has 0 bridgehead atoms. The summed E-state index contributed by atoms with van der Waals surface area (Å²) in [7, 11) is 0. The van der Waals surface area contributed by atoms with Crippen LogP contribution in [-0.2, 0) is 16.1 Å². The van der Waals surface area contributed by atoms with Gasteiger partial charge in [-0.1, -0.05) is 12.1 Å². The van der Waals surface area contributed by atoms with Crippen molar-refractivity contribution in [3.63, 3.8) is 0 Å². The van der Waals surface area contributed by atoms with Crippen LogP contribution in [-0.4, -0.2) is 57.9 Å². The molecule has 0 aromatic carbocycles. The van der Waals surface area contributed by atoms with Crippen molar-refractivity contribution >= 4 is 17.6 Å². The van der Waals surface area contributed by atoms with Gasteiger partial charge in [-0.3, -0.25) is 9.59 Å². The molecular weight excluding hydrogens is 248 g/mol. The van der Waals surface area contributed by atoms with E-state index in [0.29, 0.717) is 25.3 Å². The van der Waals surface area contributed by atoms with E-state index in [-0.39, 0.29) is 18.4 Å². The van der Waals surface area contributed by atoms with Gasteiger partial charge >= 0.3 is 0 Å². The molecule has 2 rings (SSSR count). The molecule has 1 saturated heterocycles. The summed E-state index contributed by atoms with van der Waals surface area (Å²) < 4.78 is 1.44. The molecule has 0 atom stereocenters. The van der Waals surface area contributed by atoms with Crippen LogP contribution in [0.1, 0.15) is 13.3 Å². The van der Waals surface area contributed by atoms with Crippen LogP contribution in [0.2, 0.25) is 0 Å². The Kier molecular flexibility index (Phi) is 4.45. The summed E-state index contributed by atoms with van der Waals surface area (Å²) in [6, 6.07) is 0. The number of rotatable bonds is 4. The molecular formula is C11H18N6O2. The monoisotopic (exact) mass is 266 g/mol. The Morgan fingerprint density at radius 3 is 2.84 bits per heavy atom. The number of carbonyl (C=O) groups excluding carboxylic acids is 2. The number of nitrogens with one attached hydrogen (secondary N) is 2. The summed E-state index contributed by atoms with van der Waals surface area (Å²) in [6.45, 7) is 4.98. The molecule has 2 amide bonds. The van der Waals surface area contributed by atoms with Crippen LogP contribution in [0.4, 0.5) is 5.82 Å². The van der Waals surface area contributed by atoms with E-state index in [4.69, 9.17) is 0 Å². The second kappa shape index (κ2) is 6.28. The summed E-state index contributed by atoms with van der Waals surface area (Å²) in [6.07, 6.45) is 1.94. The van der Waals surface area contributed by atoms with Gasteiger partial charge in [-0.25, -0.2) is 4.68 Å². The summed E-state index contributed by atoms with van der Waals surface area (Å²) in [5.41, 5.74) is 0. The number of piperazine rings is 1. The number of hydrogen-bond acceptors (Lipinski definition) is 5. The first-order chi connectivity index (χ1) is 9.19. The minimum Gasteiger partial charge on any atom is -0.339 e. The predicted octanol–water partition coefficient (Wildman–Crippen LogP) is -0.942. The van der Waals surface area contributed by atoms with Gasteiger partial charge in [0.1, 0.15) is 6.54 Å². The molecule has 0 radical (unpaired) electrons. The fourth-order valence-electron chi connectivity index (χ4n) is 1.82. The van der Waals surface area contributed by atoms with Crippen molar-refractivity contribution in [1.82, 2.24) is 25.2 Å². The summed E-state index contributed by atoms with van der Waals surface area (Å²) in [5, 5.41) is 13.4. The number of aromatic nitrogens is 3. The predicted molar refractivity (Wildman–Crippen MR) is 68.4 cm³/mol. The lowest BCUT2D eigenvalue weighted by Crippen LogP contribution is -2.47. The standard InChI is InChI=1S/C11H18N6O2/c1-2-10(18)13-9-7-17(15-14-9)8-11(19)16-5-3-12-4-6-16/h7,12H,2-6,8H2,1H3,(H,13,18). The molecule has 1 aromatic heterocycles. The van der Waals surface area contributed by atoms with Crippen LogP contribution in [0.15, 0.2) is 6.20 Å². The number of amides is 2. The van der Waals surface area contributed by atoms with Crippen LogP contribution < -0.4 is 10.6 Å². The highest BCUT2D eigenvalue weighted by molar-refractivity contribution is 5.89. The average Bonchev–Trinajstić information content (AvgIpc) is 2.86. The third-order valence-electron chi connectivity index (χ3n) is 2.89. The minimum absolute atomic E-state index is 0.0137. The summed E-state index contributed by atoms with van der Waals surface area (Å²) in [5.74, 6) is 0.264. The van der Waals surface area contributed by atoms with Gasteiger partial charge < -0.3 is 15.5 Å². The Morgan fingerprint density at radius 1 is 1.42 bits per heavy atom. The fraction of sp³-hybridized carbons (Fsp3) is 0.636. The van der Waals surface area contributed by atoms with E-state index in [2.05, 4.69) is 20.9 Å². The van der Waals surface area contributed by atoms with Gasteiger partial charge in [0.25, 0.3) is 0 Å². The third kappa shape index (κ3) is 3.75. The van der Waals surface area contributed by atoms with Gasteiger partial charge in [-0.15, -0.1) is 5.10 Å². The van der Waals surface area contributed by atoms with Gasteiger partial charge in [0.15, 0.2) is 5.82 Å². The zero-order valence-electron chi connectivity index (χ0n) is 10.9. The molecule has 8 heteroatoms. The lowest BCUT2D eigenvalue weighted by Gasteiger charge is -2.27. The molecule has 8 nitrogen and oxygen atoms in total. The van der Waals surface area contributed by atoms with Crippen molar-refractivity contribution in [3.8, 4) is 0 Å². The average molecular weight is 266 g/mol. The lowest BCUT2D eigenvalue weighted by atomic mass is 10.3. The largest absolute Gasteiger partial charge is 0.339 e. The van der Waals surface area contributed by atoms with Gasteiger partial charge in [0, 0.05) is 32.6 Å². The Bertz CT molecular complexity index is 452. The van der Waals surface area contributed by atoms with E-state index in [1.807, 2.05) is 0 Å². The Morgan fingerprint density at radius 2 is 2.16 bits per heavy atom. The van der Waals surface area contributed by atoms with Crippen molar-refractivity contribution < 1.29 is 9.59 Å². The van der Waals surface area contributed by atoms with Crippen molar-refractivity contribution in [2.45, 2.75) is 19.9 Å². The van der Waals surface area contributed by atoms with E-state index >= 15 is 0 Å². The second-order valence-corrected chi connectivity index (χ2v) is 4.33. The van der Waals surface area contributed by atoms with E-state index in [1.165, 1.54) is 4.68 Å². The highest BCUT2D eigenvalue weighted by atomic mass is 16.2. The first-order valence-corrected chi connectivity index (χ1v) is 6.37. The Labute approximate surface area is 111 Å². The van der Waals surface area contributed by atoms with E-state index in [0.717, 1.165) is 13.1 Å². The molecule has 1 aliphatic heterocycles. The second-order valence-electron chi connectivity index (χ2n) is 4.33. The highest BCUT2D eigenvalue weighted by Crippen LogP contribution is 2.02. The minimum atomic E-state index is -0.125. The SMILES string of the molecule is CCC(=O)Nc1cn(CC(=O)N2CCNCC2)nn1. The van der Waals surface area contributed by atoms with Crippen molar-refractivity contribution in [1.29, 1.82) is 0 Å². The van der Waals surface area contributed by atoms with E-state index in [1.54, 1.807) is 18.0 Å². The van der Waals surface area contributed by atoms with Crippen molar-refractivity contribution in [2.24, 2.45) is 0 Å². The molecule has 2 heterocycles. The van der Waals surface area contributed by atoms with Crippen LogP contribution in [0.25, 0.3) is 0 Å². The number of nitrogens with zero attached hydrogens (tertiary/aromatic N) is 4. The van der Waals surface area contributed by atoms with E-state index < -0.39 is 0 Å². The first-order valence-electron chi connectivity index (χ1n) is 6.37. The molecule has 0 spiro atoms. The topological polar surface area (TPSA) is 92.2 Å². The zero-order valence-corrected chi connectivity index (χ0v) is 10.9. The van der Waals surface area contributed by atoms with Crippen molar-refractivity contribution in [3.05, 3.63) is 6.20 Å². The molecule has 1 fully saturated rings. The van der Waals surface area contributed by atoms with Gasteiger partial charge in [-0.05, 0) is 0 Å². The molecule has 104 valence electrons. The maximum Gasteiger partial charge on any atom is 0.244 e. The Balaban J connectivity index is 1.88. The number of anilines is 1. The quantitative estimate of drug-likeness (QED) is 0.733. The normalized spacial score (nSPS) is 15.3. The molecule has 0 unspecified atom stereocenters. The highest BCUT2D eigenvalue weighted by Gasteiger charge is 2.17. The zero-order chi connectivity index (χ0) is 13.7. The first kappa shape index (κ1) is 13.5. The summed E-state index contributed by atoms with van der Waals surface area (Å²) >= 11 is 0. The van der Waals surface area contributed by atoms with Gasteiger partial charge in [0.2, 0.25) is 11.8 Å². The Hall–Kier alpha value is -1.96. The van der Waals surface area contributed by atoms with Crippen LogP contribution in [0.5, 0.6) is 0 Å². The van der Waals surface area contributed by atoms with Crippen LogP contribution >= 0.6 is 0 Å². The van der Waals surface area contributed by atoms with Gasteiger partial charge in [0.05, 0.1) is 6.20 Å². The number of hydrogen-bond donors (Lipinski definition) is 2. The number of carbonyl (C=O) groups is 2. The smallest absolute Gasteiger partial charge is 0.244 e. The molecule has 1 aliphatic rings.